The van der Waals surface area contributed by atoms with Gasteiger partial charge in [0, 0.05) is 5.69 Å². The largest absolute Gasteiger partial charge is 0.733 e. The first-order valence-corrected chi connectivity index (χ1v) is 4.65. The molecule has 0 fully saturated rings. The fourth-order valence-corrected chi connectivity index (χ4v) is 1.01. The van der Waals surface area contributed by atoms with E-state index in [2.05, 4.69) is 0 Å². The van der Waals surface area contributed by atoms with E-state index in [1.54, 1.807) is 0 Å². The van der Waals surface area contributed by atoms with Crippen LogP contribution in [0.15, 0.2) is 24.3 Å². The van der Waals surface area contributed by atoms with Crippen LogP contribution in [0.5, 0.6) is 0 Å². The summed E-state index contributed by atoms with van der Waals surface area (Å²) in [6.07, 6.45) is -5.17. The number of hydrogen-bond donors (Lipinski definition) is 3. The van der Waals surface area contributed by atoms with Crippen LogP contribution in [0, 0.1) is 5.21 Å². The van der Waals surface area contributed by atoms with Crippen LogP contribution in [0.2, 0.25) is 0 Å². The van der Waals surface area contributed by atoms with Crippen molar-refractivity contribution in [1.82, 2.24) is 5.32 Å². The Morgan fingerprint density at radius 1 is 1.21 bits per heavy atom. The number of amides is 3. The maximum atomic E-state index is 11.8. The Bertz CT molecular complexity index is 473. The number of carbonyl (C=O) groups is 2. The standard InChI is InChI=1S/C9H7F3N3O4/c10-9(11,12)7(16)14-8(17)13-5-1-3-6(4-2-5)15(18)19/h1-4,18H,(H2,13,14,16,17)/q-1. The van der Waals surface area contributed by atoms with Crippen molar-refractivity contribution in [3.63, 3.8) is 0 Å². The van der Waals surface area contributed by atoms with E-state index in [0.717, 1.165) is 29.6 Å². The number of urea groups is 1. The van der Waals surface area contributed by atoms with Crippen molar-refractivity contribution in [2.24, 2.45) is 0 Å². The number of anilines is 2. The van der Waals surface area contributed by atoms with Crippen LogP contribution in [0.25, 0.3) is 0 Å². The molecule has 0 bridgehead atoms. The van der Waals surface area contributed by atoms with E-state index >= 15 is 0 Å². The normalized spacial score (nSPS) is 10.8. The molecule has 1 rings (SSSR count). The van der Waals surface area contributed by atoms with Crippen LogP contribution in [0.4, 0.5) is 29.3 Å². The fourth-order valence-electron chi connectivity index (χ4n) is 1.01. The number of nitrogens with zero attached hydrogens (tertiary/aromatic N) is 1. The molecule has 7 nitrogen and oxygen atoms in total. The average molecular weight is 278 g/mol. The third kappa shape index (κ3) is 4.44. The number of halogens is 3. The van der Waals surface area contributed by atoms with E-state index in [-0.39, 0.29) is 11.4 Å². The SMILES string of the molecule is O=C(NC(=O)C(F)(F)F)Nc1ccc(N([O-])O)cc1. The van der Waals surface area contributed by atoms with Gasteiger partial charge in [-0.25, -0.2) is 4.79 Å². The van der Waals surface area contributed by atoms with Crippen molar-refractivity contribution in [3.8, 4) is 0 Å². The molecule has 0 saturated carbocycles. The molecule has 0 heterocycles. The van der Waals surface area contributed by atoms with E-state index < -0.39 is 23.3 Å². The summed E-state index contributed by atoms with van der Waals surface area (Å²) < 4.78 is 35.5. The minimum absolute atomic E-state index is 0.0260. The molecule has 0 radical (unpaired) electrons. The molecule has 1 aromatic rings. The number of benzene rings is 1. The fraction of sp³-hybridized carbons (Fsp3) is 0.111. The summed E-state index contributed by atoms with van der Waals surface area (Å²) in [6.45, 7) is 0. The molecular weight excluding hydrogens is 271 g/mol. The van der Waals surface area contributed by atoms with E-state index in [9.17, 15) is 28.0 Å². The Labute approximate surface area is 104 Å². The first-order chi connectivity index (χ1) is 8.70. The number of hydrogen-bond acceptors (Lipinski definition) is 5. The molecule has 0 unspecified atom stereocenters. The Kier molecular flexibility index (Phi) is 4.30. The van der Waals surface area contributed by atoms with Crippen LogP contribution in [-0.4, -0.2) is 23.3 Å². The molecule has 10 heteroatoms. The number of rotatable bonds is 2. The Morgan fingerprint density at radius 3 is 2.16 bits per heavy atom. The van der Waals surface area contributed by atoms with E-state index in [1.807, 2.05) is 5.32 Å². The van der Waals surface area contributed by atoms with Crippen molar-refractivity contribution < 1.29 is 28.0 Å². The van der Waals surface area contributed by atoms with Gasteiger partial charge in [0.25, 0.3) is 0 Å². The van der Waals surface area contributed by atoms with Crippen molar-refractivity contribution in [3.05, 3.63) is 29.5 Å². The van der Waals surface area contributed by atoms with Gasteiger partial charge in [-0.3, -0.25) is 15.3 Å². The molecule has 0 aliphatic heterocycles. The average Bonchev–Trinajstić information content (AvgIpc) is 2.28. The van der Waals surface area contributed by atoms with Gasteiger partial charge in [0.15, 0.2) is 0 Å². The van der Waals surface area contributed by atoms with Gasteiger partial charge in [0.2, 0.25) is 0 Å². The van der Waals surface area contributed by atoms with Crippen LogP contribution < -0.4 is 15.9 Å². The molecule has 19 heavy (non-hydrogen) atoms. The summed E-state index contributed by atoms with van der Waals surface area (Å²) in [5, 5.41) is 21.5. The summed E-state index contributed by atoms with van der Waals surface area (Å²) in [5.41, 5.74) is -0.115. The van der Waals surface area contributed by atoms with Gasteiger partial charge in [-0.1, -0.05) is 0 Å². The minimum atomic E-state index is -5.17. The first-order valence-electron chi connectivity index (χ1n) is 4.65. The molecule has 0 aliphatic carbocycles. The molecular formula is C9H7F3N3O4-. The zero-order valence-electron chi connectivity index (χ0n) is 9.06. The summed E-state index contributed by atoms with van der Waals surface area (Å²) in [6, 6.07) is 3.13. The highest BCUT2D eigenvalue weighted by Crippen LogP contribution is 2.16. The smallest absolute Gasteiger partial charge is 0.471 e. The number of imide groups is 1. The highest BCUT2D eigenvalue weighted by Gasteiger charge is 2.39. The van der Waals surface area contributed by atoms with Gasteiger partial charge in [-0.05, 0) is 24.3 Å². The quantitative estimate of drug-likeness (QED) is 0.712. The lowest BCUT2D eigenvalue weighted by Gasteiger charge is -2.21. The lowest BCUT2D eigenvalue weighted by molar-refractivity contribution is -0.172. The molecule has 1 aromatic carbocycles. The van der Waals surface area contributed by atoms with Crippen LogP contribution >= 0.6 is 0 Å². The maximum absolute atomic E-state index is 11.8. The summed E-state index contributed by atoms with van der Waals surface area (Å²) in [4.78, 5) is 21.5. The third-order valence-electron chi connectivity index (χ3n) is 1.83. The lowest BCUT2D eigenvalue weighted by atomic mass is 10.3. The Morgan fingerprint density at radius 2 is 1.74 bits per heavy atom. The zero-order chi connectivity index (χ0) is 14.6. The van der Waals surface area contributed by atoms with Crippen molar-refractivity contribution >= 4 is 23.3 Å². The summed E-state index contributed by atoms with van der Waals surface area (Å²) >= 11 is 0. The van der Waals surface area contributed by atoms with E-state index in [1.165, 1.54) is 0 Å². The highest BCUT2D eigenvalue weighted by molar-refractivity contribution is 6.02. The molecule has 0 aromatic heterocycles. The second-order valence-corrected chi connectivity index (χ2v) is 3.23. The minimum Gasteiger partial charge on any atom is -0.733 e. The van der Waals surface area contributed by atoms with Crippen molar-refractivity contribution in [2.75, 3.05) is 10.5 Å². The van der Waals surface area contributed by atoms with Crippen molar-refractivity contribution in [2.45, 2.75) is 6.18 Å². The lowest BCUT2D eigenvalue weighted by Crippen LogP contribution is -2.42. The molecule has 104 valence electrons. The first kappa shape index (κ1) is 14.7. The Hall–Kier alpha value is -2.33. The van der Waals surface area contributed by atoms with E-state index in [4.69, 9.17) is 5.21 Å². The van der Waals surface area contributed by atoms with E-state index in [0.29, 0.717) is 0 Å². The van der Waals surface area contributed by atoms with Gasteiger partial charge in [-0.2, -0.15) is 13.2 Å². The third-order valence-corrected chi connectivity index (χ3v) is 1.83. The predicted octanol–water partition coefficient (Wildman–Crippen LogP) is 1.59. The van der Waals surface area contributed by atoms with Gasteiger partial charge < -0.3 is 15.8 Å². The predicted molar refractivity (Wildman–Crippen MR) is 57.3 cm³/mol. The van der Waals surface area contributed by atoms with Gasteiger partial charge in [0.05, 0.1) is 5.69 Å². The monoisotopic (exact) mass is 278 g/mol. The molecule has 0 saturated heterocycles. The van der Waals surface area contributed by atoms with Gasteiger partial charge in [-0.15, -0.1) is 0 Å². The Balaban J connectivity index is 2.60. The van der Waals surface area contributed by atoms with Crippen molar-refractivity contribution in [1.29, 1.82) is 0 Å². The number of carbonyl (C=O) groups excluding carboxylic acids is 2. The van der Waals surface area contributed by atoms with Crippen LogP contribution in [0.3, 0.4) is 0 Å². The topological polar surface area (TPSA) is 105 Å². The molecule has 3 N–H and O–H groups in total. The second-order valence-electron chi connectivity index (χ2n) is 3.23. The van der Waals surface area contributed by atoms with Crippen LogP contribution in [-0.2, 0) is 4.79 Å². The zero-order valence-corrected chi connectivity index (χ0v) is 9.06. The molecule has 0 spiro atoms. The second kappa shape index (κ2) is 5.54. The number of nitrogens with one attached hydrogen (secondary N) is 2. The molecule has 0 atom stereocenters. The highest BCUT2D eigenvalue weighted by atomic mass is 19.4. The maximum Gasteiger partial charge on any atom is 0.471 e. The number of alkyl halides is 3. The van der Waals surface area contributed by atoms with Gasteiger partial charge >= 0.3 is 18.1 Å². The van der Waals surface area contributed by atoms with Gasteiger partial charge in [0.1, 0.15) is 0 Å². The molecule has 0 aliphatic rings. The molecule has 3 amide bonds. The van der Waals surface area contributed by atoms with Crippen LogP contribution in [0.1, 0.15) is 0 Å². The summed E-state index contributed by atoms with van der Waals surface area (Å²) in [7, 11) is 0. The summed E-state index contributed by atoms with van der Waals surface area (Å²) in [5.74, 6) is -2.40.